The van der Waals surface area contributed by atoms with Crippen molar-refractivity contribution in [3.05, 3.63) is 97.6 Å². The summed E-state index contributed by atoms with van der Waals surface area (Å²) in [6, 6.07) is 16.1. The number of carbonyl (C=O) groups is 1. The second-order valence-electron chi connectivity index (χ2n) is 9.26. The molecule has 1 aromatic carbocycles. The van der Waals surface area contributed by atoms with Gasteiger partial charge in [0.25, 0.3) is 5.91 Å². The summed E-state index contributed by atoms with van der Waals surface area (Å²) in [5, 5.41) is 2.07. The van der Waals surface area contributed by atoms with Gasteiger partial charge in [-0.3, -0.25) is 14.5 Å². The Labute approximate surface area is 205 Å². The molecule has 0 spiro atoms. The summed E-state index contributed by atoms with van der Waals surface area (Å²) in [7, 11) is 0. The highest BCUT2D eigenvalue weighted by molar-refractivity contribution is 7.09. The maximum absolute atomic E-state index is 13.6. The first-order valence-electron chi connectivity index (χ1n) is 12.1. The van der Waals surface area contributed by atoms with Crippen molar-refractivity contribution in [3.8, 4) is 0 Å². The molecule has 0 atom stereocenters. The average molecular weight is 474 g/mol. The van der Waals surface area contributed by atoms with Crippen LogP contribution in [0.5, 0.6) is 0 Å². The maximum atomic E-state index is 13.6. The number of rotatable bonds is 7. The fraction of sp³-hybridized carbons (Fsp3) is 0.357. The number of pyridine rings is 1. The lowest BCUT2D eigenvalue weighted by Crippen LogP contribution is -2.49. The van der Waals surface area contributed by atoms with E-state index in [0.717, 1.165) is 50.4 Å². The van der Waals surface area contributed by atoms with E-state index in [4.69, 9.17) is 0 Å². The predicted molar refractivity (Wildman–Crippen MR) is 139 cm³/mol. The molecule has 1 aliphatic carbocycles. The van der Waals surface area contributed by atoms with Gasteiger partial charge in [0.15, 0.2) is 5.43 Å². The number of aromatic nitrogens is 1. The average Bonchev–Trinajstić information content (AvgIpc) is 3.56. The molecule has 5 nitrogen and oxygen atoms in total. The Morgan fingerprint density at radius 1 is 1.06 bits per heavy atom. The second kappa shape index (κ2) is 10.1. The molecule has 3 heterocycles. The Morgan fingerprint density at radius 3 is 2.50 bits per heavy atom. The molecule has 2 aromatic heterocycles. The van der Waals surface area contributed by atoms with Gasteiger partial charge in [-0.05, 0) is 36.8 Å². The number of thiophene rings is 1. The van der Waals surface area contributed by atoms with Gasteiger partial charge in [0.1, 0.15) is 5.56 Å². The molecule has 0 N–H and O–H groups in total. The van der Waals surface area contributed by atoms with Crippen molar-refractivity contribution in [2.45, 2.75) is 32.2 Å². The van der Waals surface area contributed by atoms with Crippen LogP contribution in [0, 0.1) is 6.92 Å². The van der Waals surface area contributed by atoms with Crippen molar-refractivity contribution in [2.75, 3.05) is 32.7 Å². The quantitative estimate of drug-likeness (QED) is 0.503. The van der Waals surface area contributed by atoms with E-state index in [0.29, 0.717) is 24.6 Å². The zero-order chi connectivity index (χ0) is 23.5. The third-order valence-electron chi connectivity index (χ3n) is 6.76. The maximum Gasteiger partial charge on any atom is 0.259 e. The number of aryl methyl sites for hydroxylation is 1. The van der Waals surface area contributed by atoms with Gasteiger partial charge in [-0.2, -0.15) is 0 Å². The Bertz CT molecular complexity index is 1220. The topological polar surface area (TPSA) is 45.6 Å². The van der Waals surface area contributed by atoms with Crippen LogP contribution in [0.3, 0.4) is 0 Å². The molecule has 0 bridgehead atoms. The summed E-state index contributed by atoms with van der Waals surface area (Å²) < 4.78 is 2.21. The predicted octanol–water partition coefficient (Wildman–Crippen LogP) is 4.62. The lowest BCUT2D eigenvalue weighted by molar-refractivity contribution is 0.0646. The Kier molecular flexibility index (Phi) is 6.79. The van der Waals surface area contributed by atoms with E-state index >= 15 is 0 Å². The zero-order valence-electron chi connectivity index (χ0n) is 19.7. The van der Waals surface area contributed by atoms with E-state index < -0.39 is 0 Å². The fourth-order valence-electron chi connectivity index (χ4n) is 4.75. The number of benzene rings is 1. The molecule has 0 radical (unpaired) electrons. The monoisotopic (exact) mass is 473 g/mol. The lowest BCUT2D eigenvalue weighted by atomic mass is 10.0. The van der Waals surface area contributed by atoms with Crippen LogP contribution in [0.25, 0.3) is 6.08 Å². The van der Waals surface area contributed by atoms with Crippen molar-refractivity contribution in [1.29, 1.82) is 0 Å². The SMILES string of the molecule is Cc1cc(=O)c(C(=O)N2CCN(CC=Cc3ccccc3)CC2)c(C2CC2)n1Cc1cccs1. The summed E-state index contributed by atoms with van der Waals surface area (Å²) >= 11 is 1.71. The van der Waals surface area contributed by atoms with E-state index in [1.54, 1.807) is 17.4 Å². The van der Waals surface area contributed by atoms with Gasteiger partial charge in [-0.15, -0.1) is 11.3 Å². The molecule has 6 heteroatoms. The number of piperazine rings is 1. The highest BCUT2D eigenvalue weighted by Gasteiger charge is 2.35. The minimum atomic E-state index is -0.125. The fourth-order valence-corrected chi connectivity index (χ4v) is 5.44. The van der Waals surface area contributed by atoms with Crippen molar-refractivity contribution in [1.82, 2.24) is 14.4 Å². The molecule has 3 aromatic rings. The number of hydrogen-bond donors (Lipinski definition) is 0. The molecule has 2 aliphatic rings. The van der Waals surface area contributed by atoms with Crippen LogP contribution < -0.4 is 5.43 Å². The Hall–Kier alpha value is -2.96. The third kappa shape index (κ3) is 5.08. The van der Waals surface area contributed by atoms with Crippen molar-refractivity contribution in [2.24, 2.45) is 0 Å². The molecule has 1 saturated heterocycles. The van der Waals surface area contributed by atoms with Gasteiger partial charge in [-0.25, -0.2) is 0 Å². The second-order valence-corrected chi connectivity index (χ2v) is 10.3. The van der Waals surface area contributed by atoms with Gasteiger partial charge < -0.3 is 9.47 Å². The first-order valence-corrected chi connectivity index (χ1v) is 13.0. The largest absolute Gasteiger partial charge is 0.342 e. The van der Waals surface area contributed by atoms with Gasteiger partial charge in [-0.1, -0.05) is 48.6 Å². The van der Waals surface area contributed by atoms with E-state index in [1.807, 2.05) is 30.0 Å². The molecule has 1 amide bonds. The number of hydrogen-bond acceptors (Lipinski definition) is 4. The summed E-state index contributed by atoms with van der Waals surface area (Å²) in [6.07, 6.45) is 6.42. The van der Waals surface area contributed by atoms with Crippen LogP contribution in [-0.4, -0.2) is 53.0 Å². The molecule has 5 rings (SSSR count). The third-order valence-corrected chi connectivity index (χ3v) is 7.63. The highest BCUT2D eigenvalue weighted by Crippen LogP contribution is 2.42. The van der Waals surface area contributed by atoms with Crippen LogP contribution in [0.4, 0.5) is 0 Å². The van der Waals surface area contributed by atoms with Gasteiger partial charge in [0.05, 0.1) is 6.54 Å². The first-order chi connectivity index (χ1) is 16.6. The molecule has 1 saturated carbocycles. The van der Waals surface area contributed by atoms with Gasteiger partial charge >= 0.3 is 0 Å². The van der Waals surface area contributed by atoms with E-state index in [1.165, 1.54) is 10.4 Å². The number of carbonyl (C=O) groups excluding carboxylic acids is 1. The van der Waals surface area contributed by atoms with E-state index in [-0.39, 0.29) is 11.3 Å². The minimum absolute atomic E-state index is 0.0914. The molecule has 34 heavy (non-hydrogen) atoms. The van der Waals surface area contributed by atoms with Gasteiger partial charge in [0, 0.05) is 61.0 Å². The van der Waals surface area contributed by atoms with E-state index in [2.05, 4.69) is 51.3 Å². The van der Waals surface area contributed by atoms with Crippen molar-refractivity contribution >= 4 is 23.3 Å². The van der Waals surface area contributed by atoms with E-state index in [9.17, 15) is 9.59 Å². The number of amides is 1. The highest BCUT2D eigenvalue weighted by atomic mass is 32.1. The number of nitrogens with zero attached hydrogens (tertiary/aromatic N) is 3. The molecule has 176 valence electrons. The molecule has 1 aliphatic heterocycles. The van der Waals surface area contributed by atoms with Gasteiger partial charge in [0.2, 0.25) is 0 Å². The first kappa shape index (κ1) is 22.8. The Balaban J connectivity index is 1.30. The zero-order valence-corrected chi connectivity index (χ0v) is 20.5. The summed E-state index contributed by atoms with van der Waals surface area (Å²) in [6.45, 7) is 6.51. The standard InChI is InChI=1S/C28H31N3O2S/c1-21-19-25(32)26(27(23-11-12-23)31(21)20-24-10-6-18-34-24)28(33)30-16-14-29(15-17-30)13-5-9-22-7-3-2-4-8-22/h2-10,18-19,23H,11-17,20H2,1H3. The van der Waals surface area contributed by atoms with Crippen LogP contribution in [0.2, 0.25) is 0 Å². The van der Waals surface area contributed by atoms with Crippen molar-refractivity contribution in [3.63, 3.8) is 0 Å². The lowest BCUT2D eigenvalue weighted by Gasteiger charge is -2.34. The summed E-state index contributed by atoms with van der Waals surface area (Å²) in [5.41, 5.74) is 3.37. The van der Waals surface area contributed by atoms with Crippen LogP contribution in [-0.2, 0) is 6.54 Å². The van der Waals surface area contributed by atoms with Crippen molar-refractivity contribution < 1.29 is 4.79 Å². The molecule has 0 unspecified atom stereocenters. The smallest absolute Gasteiger partial charge is 0.259 e. The molecular formula is C28H31N3O2S. The molecule has 2 fully saturated rings. The molecular weight excluding hydrogens is 442 g/mol. The Morgan fingerprint density at radius 2 is 1.82 bits per heavy atom. The summed E-state index contributed by atoms with van der Waals surface area (Å²) in [4.78, 5) is 32.2. The minimum Gasteiger partial charge on any atom is -0.342 e. The van der Waals surface area contributed by atoms with Crippen LogP contribution in [0.15, 0.2) is 64.8 Å². The van der Waals surface area contributed by atoms with Crippen LogP contribution in [0.1, 0.15) is 50.9 Å². The van der Waals surface area contributed by atoms with Crippen LogP contribution >= 0.6 is 11.3 Å². The normalized spacial score (nSPS) is 16.9. The summed E-state index contributed by atoms with van der Waals surface area (Å²) in [5.74, 6) is 0.224.